The molecule has 34 heavy (non-hydrogen) atoms. The standard InChI is InChI=1S/C27H27ClN2O4/c1-27(26(32)29-16-18-8-10-21(28)11-9-18)15-20-6-4-5-7-24(20)25(31)30(27)17-19-12-22(33-2)14-23(13-19)34-3/h4-14H,15-17H2,1-3H3,(H,29,32). The van der Waals surface area contributed by atoms with Crippen LogP contribution in [-0.4, -0.2) is 36.5 Å². The molecule has 1 N–H and O–H groups in total. The van der Waals surface area contributed by atoms with Crippen LogP contribution >= 0.6 is 11.6 Å². The van der Waals surface area contributed by atoms with E-state index in [1.807, 2.05) is 55.5 Å². The number of amides is 2. The second kappa shape index (κ2) is 9.77. The summed E-state index contributed by atoms with van der Waals surface area (Å²) in [6.07, 6.45) is 0.405. The summed E-state index contributed by atoms with van der Waals surface area (Å²) < 4.78 is 10.8. The quantitative estimate of drug-likeness (QED) is 0.537. The first-order valence-electron chi connectivity index (χ1n) is 11.0. The molecule has 1 atom stereocenters. The van der Waals surface area contributed by atoms with Crippen LogP contribution in [-0.2, 0) is 24.3 Å². The van der Waals surface area contributed by atoms with Gasteiger partial charge in [0.05, 0.1) is 14.2 Å². The number of nitrogens with one attached hydrogen (secondary N) is 1. The zero-order valence-electron chi connectivity index (χ0n) is 19.4. The van der Waals surface area contributed by atoms with Gasteiger partial charge in [-0.05, 0) is 53.9 Å². The Morgan fingerprint density at radius 3 is 2.29 bits per heavy atom. The number of methoxy groups -OCH3 is 2. The molecule has 0 fully saturated rings. The van der Waals surface area contributed by atoms with Crippen molar-refractivity contribution in [3.63, 3.8) is 0 Å². The van der Waals surface area contributed by atoms with Gasteiger partial charge in [-0.3, -0.25) is 9.59 Å². The van der Waals surface area contributed by atoms with Crippen molar-refractivity contribution in [1.82, 2.24) is 10.2 Å². The van der Waals surface area contributed by atoms with E-state index in [2.05, 4.69) is 5.32 Å². The van der Waals surface area contributed by atoms with Crippen LogP contribution in [0.3, 0.4) is 0 Å². The highest BCUT2D eigenvalue weighted by Crippen LogP contribution is 2.34. The lowest BCUT2D eigenvalue weighted by Gasteiger charge is -2.44. The largest absolute Gasteiger partial charge is 0.497 e. The van der Waals surface area contributed by atoms with Crippen LogP contribution in [0, 0.1) is 0 Å². The van der Waals surface area contributed by atoms with E-state index in [-0.39, 0.29) is 18.4 Å². The fourth-order valence-corrected chi connectivity index (χ4v) is 4.41. The topological polar surface area (TPSA) is 67.9 Å². The Morgan fingerprint density at radius 2 is 1.65 bits per heavy atom. The zero-order valence-corrected chi connectivity index (χ0v) is 20.2. The van der Waals surface area contributed by atoms with Crippen molar-refractivity contribution in [2.45, 2.75) is 32.0 Å². The number of fused-ring (bicyclic) bond motifs is 1. The fourth-order valence-electron chi connectivity index (χ4n) is 4.28. The number of ether oxygens (including phenoxy) is 2. The van der Waals surface area contributed by atoms with Crippen LogP contribution in [0.1, 0.15) is 34.0 Å². The Labute approximate surface area is 204 Å². The van der Waals surface area contributed by atoms with Gasteiger partial charge < -0.3 is 19.7 Å². The third kappa shape index (κ3) is 4.73. The average molecular weight is 479 g/mol. The van der Waals surface area contributed by atoms with Crippen LogP contribution in [0.2, 0.25) is 5.02 Å². The molecule has 0 aliphatic carbocycles. The number of hydrogen-bond acceptors (Lipinski definition) is 4. The molecule has 1 aliphatic heterocycles. The molecule has 6 nitrogen and oxygen atoms in total. The van der Waals surface area contributed by atoms with Crippen LogP contribution in [0.5, 0.6) is 11.5 Å². The van der Waals surface area contributed by atoms with Crippen molar-refractivity contribution in [2.75, 3.05) is 14.2 Å². The molecule has 3 aromatic carbocycles. The van der Waals surface area contributed by atoms with Crippen molar-refractivity contribution in [1.29, 1.82) is 0 Å². The lowest BCUT2D eigenvalue weighted by molar-refractivity contribution is -0.132. The second-order valence-electron chi connectivity index (χ2n) is 8.53. The minimum Gasteiger partial charge on any atom is -0.497 e. The molecule has 0 saturated heterocycles. The number of carbonyl (C=O) groups is 2. The van der Waals surface area contributed by atoms with Gasteiger partial charge in [-0.1, -0.05) is 41.9 Å². The summed E-state index contributed by atoms with van der Waals surface area (Å²) in [5.74, 6) is 0.828. The van der Waals surface area contributed by atoms with E-state index < -0.39 is 5.54 Å². The molecule has 1 heterocycles. The third-order valence-electron chi connectivity index (χ3n) is 6.23. The summed E-state index contributed by atoms with van der Waals surface area (Å²) in [7, 11) is 3.16. The first-order valence-corrected chi connectivity index (χ1v) is 11.4. The van der Waals surface area contributed by atoms with Crippen molar-refractivity contribution in [2.24, 2.45) is 0 Å². The number of carbonyl (C=O) groups excluding carboxylic acids is 2. The van der Waals surface area contributed by atoms with Gasteiger partial charge in [0.2, 0.25) is 5.91 Å². The Kier molecular flexibility index (Phi) is 6.80. The predicted octanol–water partition coefficient (Wildman–Crippen LogP) is 4.63. The maximum absolute atomic E-state index is 13.6. The van der Waals surface area contributed by atoms with Gasteiger partial charge in [-0.15, -0.1) is 0 Å². The summed E-state index contributed by atoms with van der Waals surface area (Å²) >= 11 is 5.97. The van der Waals surface area contributed by atoms with Gasteiger partial charge in [0, 0.05) is 36.2 Å². The molecule has 3 aromatic rings. The molecular weight excluding hydrogens is 452 g/mol. The minimum absolute atomic E-state index is 0.187. The van der Waals surface area contributed by atoms with Crippen molar-refractivity contribution >= 4 is 23.4 Å². The molecule has 1 aliphatic rings. The summed E-state index contributed by atoms with van der Waals surface area (Å²) in [6, 6.07) is 20.2. The molecular formula is C27H27ClN2O4. The van der Waals surface area contributed by atoms with Crippen LogP contribution in [0.25, 0.3) is 0 Å². The number of hydrogen-bond donors (Lipinski definition) is 1. The normalized spacial score (nSPS) is 17.2. The van der Waals surface area contributed by atoms with Gasteiger partial charge in [-0.25, -0.2) is 0 Å². The first kappa shape index (κ1) is 23.6. The molecule has 0 radical (unpaired) electrons. The molecule has 176 valence electrons. The van der Waals surface area contributed by atoms with Crippen molar-refractivity contribution in [3.05, 3.63) is 94.0 Å². The Balaban J connectivity index is 1.67. The van der Waals surface area contributed by atoms with E-state index in [0.717, 1.165) is 16.7 Å². The van der Waals surface area contributed by atoms with Crippen molar-refractivity contribution < 1.29 is 19.1 Å². The molecule has 7 heteroatoms. The van der Waals surface area contributed by atoms with Crippen LogP contribution in [0.15, 0.2) is 66.7 Å². The summed E-state index contributed by atoms with van der Waals surface area (Å²) in [6.45, 7) is 2.38. The molecule has 0 bridgehead atoms. The Morgan fingerprint density at radius 1 is 1.00 bits per heavy atom. The van der Waals surface area contributed by atoms with Gasteiger partial charge in [0.15, 0.2) is 0 Å². The number of rotatable bonds is 7. The maximum atomic E-state index is 13.6. The molecule has 0 spiro atoms. The summed E-state index contributed by atoms with van der Waals surface area (Å²) in [5, 5.41) is 3.65. The Hall–Kier alpha value is -3.51. The first-order chi connectivity index (χ1) is 16.3. The van der Waals surface area contributed by atoms with Crippen LogP contribution < -0.4 is 14.8 Å². The van der Waals surface area contributed by atoms with E-state index in [4.69, 9.17) is 21.1 Å². The highest BCUT2D eigenvalue weighted by atomic mass is 35.5. The molecule has 2 amide bonds. The lowest BCUT2D eigenvalue weighted by Crippen LogP contribution is -2.62. The minimum atomic E-state index is -1.09. The SMILES string of the molecule is COc1cc(CN2C(=O)c3ccccc3CC2(C)C(=O)NCc2ccc(Cl)cc2)cc(OC)c1. The molecule has 4 rings (SSSR count). The van der Waals surface area contributed by atoms with E-state index in [1.165, 1.54) is 0 Å². The van der Waals surface area contributed by atoms with Gasteiger partial charge >= 0.3 is 0 Å². The fraction of sp³-hybridized carbons (Fsp3) is 0.259. The van der Waals surface area contributed by atoms with Crippen LogP contribution in [0.4, 0.5) is 0 Å². The lowest BCUT2D eigenvalue weighted by atomic mass is 9.82. The van der Waals surface area contributed by atoms with E-state index in [9.17, 15) is 9.59 Å². The monoisotopic (exact) mass is 478 g/mol. The highest BCUT2D eigenvalue weighted by molar-refractivity contribution is 6.30. The van der Waals surface area contributed by atoms with E-state index >= 15 is 0 Å². The van der Waals surface area contributed by atoms with E-state index in [1.54, 1.807) is 37.3 Å². The zero-order chi connectivity index (χ0) is 24.3. The number of halogens is 1. The van der Waals surface area contributed by atoms with Gasteiger partial charge in [-0.2, -0.15) is 0 Å². The number of benzene rings is 3. The highest BCUT2D eigenvalue weighted by Gasteiger charge is 2.46. The second-order valence-corrected chi connectivity index (χ2v) is 8.97. The average Bonchev–Trinajstić information content (AvgIpc) is 2.85. The van der Waals surface area contributed by atoms with Crippen molar-refractivity contribution in [3.8, 4) is 11.5 Å². The van der Waals surface area contributed by atoms with E-state index in [0.29, 0.717) is 35.1 Å². The summed E-state index contributed by atoms with van der Waals surface area (Å²) in [5.41, 5.74) is 2.11. The molecule has 1 unspecified atom stereocenters. The Bertz CT molecular complexity index is 1190. The van der Waals surface area contributed by atoms with Gasteiger partial charge in [0.25, 0.3) is 5.91 Å². The smallest absolute Gasteiger partial charge is 0.255 e. The maximum Gasteiger partial charge on any atom is 0.255 e. The van der Waals surface area contributed by atoms with Gasteiger partial charge in [0.1, 0.15) is 17.0 Å². The predicted molar refractivity (Wildman–Crippen MR) is 131 cm³/mol. The number of nitrogens with zero attached hydrogens (tertiary/aromatic N) is 1. The summed E-state index contributed by atoms with van der Waals surface area (Å²) in [4.78, 5) is 28.9. The molecule has 0 saturated carbocycles. The molecule has 0 aromatic heterocycles. The third-order valence-corrected chi connectivity index (χ3v) is 6.48.